The number of ether oxygens (including phenoxy) is 1. The van der Waals surface area contributed by atoms with Crippen molar-refractivity contribution in [3.63, 3.8) is 0 Å². The first kappa shape index (κ1) is 24.9. The second kappa shape index (κ2) is 9.95. The van der Waals surface area contributed by atoms with Gasteiger partial charge in [0.1, 0.15) is 5.01 Å². The topological polar surface area (TPSA) is 167 Å². The molecule has 1 aliphatic heterocycles. The molecule has 0 amide bonds. The number of para-hydroxylation sites is 1. The van der Waals surface area contributed by atoms with Gasteiger partial charge in [0.2, 0.25) is 11.8 Å². The number of benzene rings is 2. The number of nitrogens with one attached hydrogen (secondary N) is 1. The van der Waals surface area contributed by atoms with Gasteiger partial charge < -0.3 is 9.15 Å². The molecule has 2 aromatic heterocycles. The van der Waals surface area contributed by atoms with Crippen molar-refractivity contribution < 1.29 is 26.0 Å². The molecule has 0 aliphatic carbocycles. The summed E-state index contributed by atoms with van der Waals surface area (Å²) >= 11 is 1.23. The lowest BCUT2D eigenvalue weighted by Gasteiger charge is -2.31. The van der Waals surface area contributed by atoms with Gasteiger partial charge in [0.05, 0.1) is 28.1 Å². The minimum atomic E-state index is -4.00. The summed E-state index contributed by atoms with van der Waals surface area (Å²) in [7, 11) is -7.94. The van der Waals surface area contributed by atoms with E-state index >= 15 is 0 Å². The first-order valence-electron chi connectivity index (χ1n) is 11.0. The molecule has 0 saturated carbocycles. The molecular formula is C22H23N5O6S3. The van der Waals surface area contributed by atoms with E-state index < -0.39 is 30.5 Å². The molecule has 0 spiro atoms. The van der Waals surface area contributed by atoms with Crippen LogP contribution >= 0.6 is 11.3 Å². The van der Waals surface area contributed by atoms with Gasteiger partial charge in [0.25, 0.3) is 10.2 Å². The average molecular weight is 550 g/mol. The molecular weight excluding hydrogens is 526 g/mol. The second-order valence-corrected chi connectivity index (χ2v) is 13.1. The lowest BCUT2D eigenvalue weighted by atomic mass is 10.0. The zero-order chi connectivity index (χ0) is 25.3. The molecule has 14 heteroatoms. The summed E-state index contributed by atoms with van der Waals surface area (Å²) in [6.45, 7) is -0.0881. The first-order chi connectivity index (χ1) is 17.2. The van der Waals surface area contributed by atoms with Crippen LogP contribution in [0.25, 0.3) is 10.2 Å². The number of rotatable bonds is 8. The maximum atomic E-state index is 14.1. The Bertz CT molecular complexity index is 1540. The van der Waals surface area contributed by atoms with E-state index in [1.165, 1.54) is 11.3 Å². The minimum absolute atomic E-state index is 0.116. The van der Waals surface area contributed by atoms with E-state index in [9.17, 15) is 16.8 Å². The first-order valence-corrected chi connectivity index (χ1v) is 15.0. The largest absolute Gasteiger partial charge is 0.422 e. The Kier molecular flexibility index (Phi) is 6.89. The third kappa shape index (κ3) is 5.33. The highest BCUT2D eigenvalue weighted by Crippen LogP contribution is 2.41. The Morgan fingerprint density at radius 1 is 1.06 bits per heavy atom. The monoisotopic (exact) mass is 549 g/mol. The number of sulfone groups is 1. The van der Waals surface area contributed by atoms with Crippen molar-refractivity contribution in [2.24, 2.45) is 5.14 Å². The van der Waals surface area contributed by atoms with E-state index in [-0.39, 0.29) is 37.5 Å². The summed E-state index contributed by atoms with van der Waals surface area (Å²) in [6.07, 6.45) is 0.205. The van der Waals surface area contributed by atoms with Gasteiger partial charge >= 0.3 is 0 Å². The molecule has 5 rings (SSSR count). The summed E-state index contributed by atoms with van der Waals surface area (Å²) in [5, 5.41) is 11.0. The normalized spacial score (nSPS) is 19.9. The molecule has 3 N–H and O–H groups in total. The van der Waals surface area contributed by atoms with Crippen molar-refractivity contribution in [3.8, 4) is 0 Å². The van der Waals surface area contributed by atoms with Crippen LogP contribution in [0.1, 0.15) is 46.5 Å². The Balaban J connectivity index is 1.52. The van der Waals surface area contributed by atoms with Crippen molar-refractivity contribution in [2.45, 2.75) is 36.0 Å². The molecule has 1 aliphatic rings. The van der Waals surface area contributed by atoms with Crippen molar-refractivity contribution >= 4 is 41.6 Å². The van der Waals surface area contributed by atoms with Gasteiger partial charge in [-0.1, -0.05) is 42.5 Å². The lowest BCUT2D eigenvalue weighted by Crippen LogP contribution is -2.34. The van der Waals surface area contributed by atoms with Crippen LogP contribution in [-0.4, -0.2) is 43.9 Å². The molecule has 36 heavy (non-hydrogen) atoms. The molecule has 1 fully saturated rings. The molecule has 0 radical (unpaired) electrons. The molecule has 3 atom stereocenters. The maximum absolute atomic E-state index is 14.1. The summed E-state index contributed by atoms with van der Waals surface area (Å²) in [5.74, 6) is -0.294. The van der Waals surface area contributed by atoms with E-state index in [1.807, 2.05) is 48.5 Å². The summed E-state index contributed by atoms with van der Waals surface area (Å²) in [6, 6.07) is 16.8. The Morgan fingerprint density at radius 2 is 1.81 bits per heavy atom. The van der Waals surface area contributed by atoms with Gasteiger partial charge in [-0.3, -0.25) is 0 Å². The molecule has 3 heterocycles. The van der Waals surface area contributed by atoms with E-state index in [1.54, 1.807) is 6.07 Å². The van der Waals surface area contributed by atoms with E-state index in [0.717, 1.165) is 10.3 Å². The fourth-order valence-electron chi connectivity index (χ4n) is 4.15. The Morgan fingerprint density at radius 3 is 2.56 bits per heavy atom. The van der Waals surface area contributed by atoms with Crippen LogP contribution in [0.3, 0.4) is 0 Å². The van der Waals surface area contributed by atoms with Crippen LogP contribution in [0.15, 0.2) is 59.0 Å². The van der Waals surface area contributed by atoms with Gasteiger partial charge in [-0.05, 0) is 30.5 Å². The number of fused-ring (bicyclic) bond motifs is 1. The highest BCUT2D eigenvalue weighted by Gasteiger charge is 2.44. The number of hydrogen-bond donors (Lipinski definition) is 2. The van der Waals surface area contributed by atoms with E-state index in [2.05, 4.69) is 19.9 Å². The van der Waals surface area contributed by atoms with Crippen molar-refractivity contribution in [3.05, 3.63) is 76.9 Å². The Hall–Kier alpha value is -2.75. The average Bonchev–Trinajstić information content (AvgIpc) is 3.50. The SMILES string of the molecule is NS(=O)(=O)NCc1nnc(C(c2nc3ccccc3s2)S(=O)(=O)C2CCOC(c3ccccc3)C2)o1. The van der Waals surface area contributed by atoms with Gasteiger partial charge in [-0.2, -0.15) is 13.1 Å². The van der Waals surface area contributed by atoms with Crippen LogP contribution in [-0.2, 0) is 31.3 Å². The highest BCUT2D eigenvalue weighted by atomic mass is 32.2. The highest BCUT2D eigenvalue weighted by molar-refractivity contribution is 7.92. The van der Waals surface area contributed by atoms with Gasteiger partial charge in [0, 0.05) is 6.61 Å². The molecule has 1 saturated heterocycles. The fourth-order valence-corrected chi connectivity index (χ4v) is 7.93. The van der Waals surface area contributed by atoms with Crippen LogP contribution in [0.5, 0.6) is 0 Å². The third-order valence-corrected chi connectivity index (χ3v) is 10.1. The fraction of sp³-hybridized carbons (Fsp3) is 0.318. The summed E-state index contributed by atoms with van der Waals surface area (Å²) < 4.78 is 65.1. The zero-order valence-electron chi connectivity index (χ0n) is 18.8. The van der Waals surface area contributed by atoms with Crippen molar-refractivity contribution in [1.29, 1.82) is 0 Å². The second-order valence-electron chi connectivity index (χ2n) is 8.31. The third-order valence-electron chi connectivity index (χ3n) is 5.87. The van der Waals surface area contributed by atoms with Crippen LogP contribution in [0.2, 0.25) is 0 Å². The molecule has 11 nitrogen and oxygen atoms in total. The zero-order valence-corrected chi connectivity index (χ0v) is 21.3. The number of aromatic nitrogens is 3. The standard InChI is InChI=1S/C22H23N5O6S3/c23-36(30,31)24-13-19-26-27-21(33-19)20(22-25-16-8-4-5-9-18(16)34-22)35(28,29)15-10-11-32-17(12-15)14-6-2-1-3-7-14/h1-9,15,17,20,24H,10-13H2,(H2,23,30,31). The van der Waals surface area contributed by atoms with Gasteiger partial charge in [0.15, 0.2) is 15.1 Å². The quantitative estimate of drug-likeness (QED) is 0.335. The Labute approximate surface area is 211 Å². The molecule has 0 bridgehead atoms. The number of hydrogen-bond acceptors (Lipinski definition) is 10. The maximum Gasteiger partial charge on any atom is 0.274 e. The van der Waals surface area contributed by atoms with Gasteiger partial charge in [-0.25, -0.2) is 18.5 Å². The van der Waals surface area contributed by atoms with Crippen molar-refractivity contribution in [2.75, 3.05) is 6.61 Å². The molecule has 4 aromatic rings. The molecule has 190 valence electrons. The molecule has 2 aromatic carbocycles. The van der Waals surface area contributed by atoms with E-state index in [0.29, 0.717) is 16.9 Å². The minimum Gasteiger partial charge on any atom is -0.422 e. The van der Waals surface area contributed by atoms with Gasteiger partial charge in [-0.15, -0.1) is 21.5 Å². The van der Waals surface area contributed by atoms with E-state index in [4.69, 9.17) is 14.3 Å². The van der Waals surface area contributed by atoms with Crippen LogP contribution < -0.4 is 9.86 Å². The van der Waals surface area contributed by atoms with Crippen molar-refractivity contribution in [1.82, 2.24) is 19.9 Å². The lowest BCUT2D eigenvalue weighted by molar-refractivity contribution is 0.0165. The molecule has 3 unspecified atom stereocenters. The van der Waals surface area contributed by atoms with Crippen LogP contribution in [0.4, 0.5) is 0 Å². The van der Waals surface area contributed by atoms with Crippen LogP contribution in [0, 0.1) is 0 Å². The predicted molar refractivity (Wildman–Crippen MR) is 133 cm³/mol. The number of nitrogens with zero attached hydrogens (tertiary/aromatic N) is 3. The number of thiazole rings is 1. The summed E-state index contributed by atoms with van der Waals surface area (Å²) in [5.41, 5.74) is 1.56. The summed E-state index contributed by atoms with van der Waals surface area (Å²) in [4.78, 5) is 4.57. The smallest absolute Gasteiger partial charge is 0.274 e. The predicted octanol–water partition coefficient (Wildman–Crippen LogP) is 2.40. The number of nitrogens with two attached hydrogens (primary N) is 1.